The van der Waals surface area contributed by atoms with Gasteiger partial charge in [0, 0.05) is 23.5 Å². The van der Waals surface area contributed by atoms with Gasteiger partial charge >= 0.3 is 5.97 Å². The van der Waals surface area contributed by atoms with Crippen LogP contribution >= 0.6 is 15.9 Å². The van der Waals surface area contributed by atoms with Gasteiger partial charge in [0.05, 0.1) is 0 Å². The van der Waals surface area contributed by atoms with Gasteiger partial charge in [0.1, 0.15) is 0 Å². The van der Waals surface area contributed by atoms with Crippen molar-refractivity contribution >= 4 is 21.9 Å². The molecule has 20 heavy (non-hydrogen) atoms. The second-order valence-electron chi connectivity index (χ2n) is 5.67. The quantitative estimate of drug-likeness (QED) is 0.878. The van der Waals surface area contributed by atoms with Crippen LogP contribution < -0.4 is 0 Å². The highest BCUT2D eigenvalue weighted by Crippen LogP contribution is 2.29. The molecular formula is C16H22BrNO2. The summed E-state index contributed by atoms with van der Waals surface area (Å²) in [5.41, 5.74) is 1.32. The Balaban J connectivity index is 1.96. The number of nitrogens with zero attached hydrogens (tertiary/aromatic N) is 1. The number of carboxylic acid groups (broad SMARTS) is 1. The standard InChI is InChI=1S/C16H22BrNO2/c1-12(14-5-2-6-15(17)10-14)18-9-3-4-13(11-18)7-8-16(19)20/h2,5-6,10,12-13H,3-4,7-9,11H2,1H3,(H,19,20). The summed E-state index contributed by atoms with van der Waals surface area (Å²) in [6, 6.07) is 8.84. The van der Waals surface area contributed by atoms with Crippen LogP contribution in [0.1, 0.15) is 44.2 Å². The molecule has 0 saturated carbocycles. The molecule has 4 heteroatoms. The lowest BCUT2D eigenvalue weighted by Crippen LogP contribution is -2.37. The van der Waals surface area contributed by atoms with Gasteiger partial charge in [-0.05, 0) is 56.3 Å². The van der Waals surface area contributed by atoms with Gasteiger partial charge in [-0.15, -0.1) is 0 Å². The first-order valence-electron chi connectivity index (χ1n) is 7.27. The number of benzene rings is 1. The summed E-state index contributed by atoms with van der Waals surface area (Å²) in [7, 11) is 0. The van der Waals surface area contributed by atoms with Crippen LogP contribution in [0.25, 0.3) is 0 Å². The van der Waals surface area contributed by atoms with Crippen LogP contribution in [-0.2, 0) is 4.79 Å². The summed E-state index contributed by atoms with van der Waals surface area (Å²) in [6.07, 6.45) is 3.43. The maximum Gasteiger partial charge on any atom is 0.303 e. The average molecular weight is 340 g/mol. The van der Waals surface area contributed by atoms with Crippen LogP contribution in [0.5, 0.6) is 0 Å². The molecule has 0 amide bonds. The first kappa shape index (κ1) is 15.5. The second kappa shape index (κ2) is 7.23. The lowest BCUT2D eigenvalue weighted by Gasteiger charge is -2.37. The van der Waals surface area contributed by atoms with E-state index in [0.29, 0.717) is 18.4 Å². The average Bonchev–Trinajstić information content (AvgIpc) is 2.44. The van der Waals surface area contributed by atoms with E-state index >= 15 is 0 Å². The highest BCUT2D eigenvalue weighted by molar-refractivity contribution is 9.10. The number of halogens is 1. The molecule has 2 atom stereocenters. The highest BCUT2D eigenvalue weighted by Gasteiger charge is 2.24. The van der Waals surface area contributed by atoms with E-state index in [-0.39, 0.29) is 0 Å². The van der Waals surface area contributed by atoms with Crippen LogP contribution in [0, 0.1) is 5.92 Å². The molecule has 1 aromatic rings. The third kappa shape index (κ3) is 4.32. The summed E-state index contributed by atoms with van der Waals surface area (Å²) >= 11 is 3.52. The second-order valence-corrected chi connectivity index (χ2v) is 6.58. The molecular weight excluding hydrogens is 318 g/mol. The Morgan fingerprint density at radius 2 is 2.35 bits per heavy atom. The number of piperidine rings is 1. The Morgan fingerprint density at radius 3 is 3.05 bits per heavy atom. The SMILES string of the molecule is CC(c1cccc(Br)c1)N1CCCC(CCC(=O)O)C1. The van der Waals surface area contributed by atoms with E-state index < -0.39 is 5.97 Å². The van der Waals surface area contributed by atoms with Crippen LogP contribution in [0.3, 0.4) is 0 Å². The van der Waals surface area contributed by atoms with E-state index in [1.54, 1.807) is 0 Å². The topological polar surface area (TPSA) is 40.5 Å². The van der Waals surface area contributed by atoms with Crippen LogP contribution in [0.2, 0.25) is 0 Å². The Bertz CT molecular complexity index is 464. The van der Waals surface area contributed by atoms with Crippen molar-refractivity contribution in [1.29, 1.82) is 0 Å². The van der Waals surface area contributed by atoms with Gasteiger partial charge in [-0.3, -0.25) is 9.69 Å². The molecule has 2 rings (SSSR count). The van der Waals surface area contributed by atoms with Gasteiger partial charge in [-0.1, -0.05) is 28.1 Å². The zero-order valence-corrected chi connectivity index (χ0v) is 13.5. The first-order chi connectivity index (χ1) is 9.56. The number of carboxylic acids is 1. The minimum Gasteiger partial charge on any atom is -0.481 e. The lowest BCUT2D eigenvalue weighted by molar-refractivity contribution is -0.137. The summed E-state index contributed by atoms with van der Waals surface area (Å²) in [6.45, 7) is 4.36. The Labute approximate surface area is 129 Å². The summed E-state index contributed by atoms with van der Waals surface area (Å²) in [5, 5.41) is 8.81. The normalized spacial score (nSPS) is 21.6. The van der Waals surface area contributed by atoms with Crippen LogP contribution in [0.15, 0.2) is 28.7 Å². The van der Waals surface area contributed by atoms with E-state index in [9.17, 15) is 4.79 Å². The van der Waals surface area contributed by atoms with Crippen molar-refractivity contribution in [1.82, 2.24) is 4.90 Å². The summed E-state index contributed by atoms with van der Waals surface area (Å²) in [5.74, 6) is -0.156. The molecule has 1 saturated heterocycles. The van der Waals surface area contributed by atoms with E-state index in [1.807, 2.05) is 6.07 Å². The first-order valence-corrected chi connectivity index (χ1v) is 8.07. The minimum atomic E-state index is -0.679. The van der Waals surface area contributed by atoms with Crippen molar-refractivity contribution in [3.05, 3.63) is 34.3 Å². The lowest BCUT2D eigenvalue weighted by atomic mass is 9.91. The van der Waals surface area contributed by atoms with E-state index in [1.165, 1.54) is 12.0 Å². The number of aliphatic carboxylic acids is 1. The molecule has 1 aliphatic rings. The molecule has 3 nitrogen and oxygen atoms in total. The fraction of sp³-hybridized carbons (Fsp3) is 0.562. The molecule has 110 valence electrons. The number of hydrogen-bond donors (Lipinski definition) is 1. The van der Waals surface area contributed by atoms with E-state index in [0.717, 1.165) is 30.4 Å². The van der Waals surface area contributed by atoms with Gasteiger partial charge in [0.15, 0.2) is 0 Å². The summed E-state index contributed by atoms with van der Waals surface area (Å²) < 4.78 is 1.11. The highest BCUT2D eigenvalue weighted by atomic mass is 79.9. The molecule has 1 aromatic carbocycles. The van der Waals surface area contributed by atoms with Gasteiger partial charge < -0.3 is 5.11 Å². The molecule has 1 fully saturated rings. The maximum absolute atomic E-state index is 10.7. The molecule has 1 aliphatic heterocycles. The van der Waals surface area contributed by atoms with E-state index in [2.05, 4.69) is 46.0 Å². The van der Waals surface area contributed by atoms with Crippen molar-refractivity contribution in [2.45, 2.75) is 38.6 Å². The maximum atomic E-state index is 10.7. The number of likely N-dealkylation sites (tertiary alicyclic amines) is 1. The molecule has 0 aromatic heterocycles. The monoisotopic (exact) mass is 339 g/mol. The largest absolute Gasteiger partial charge is 0.481 e. The third-order valence-corrected chi connectivity index (χ3v) is 4.69. The van der Waals surface area contributed by atoms with Crippen LogP contribution in [0.4, 0.5) is 0 Å². The predicted molar refractivity (Wildman–Crippen MR) is 83.7 cm³/mol. The molecule has 2 unspecified atom stereocenters. The number of rotatable bonds is 5. The molecule has 0 bridgehead atoms. The number of carbonyl (C=O) groups is 1. The molecule has 0 spiro atoms. The van der Waals surface area contributed by atoms with Crippen molar-refractivity contribution in [2.24, 2.45) is 5.92 Å². The Kier molecular flexibility index (Phi) is 5.61. The molecule has 0 radical (unpaired) electrons. The fourth-order valence-electron chi connectivity index (χ4n) is 2.99. The van der Waals surface area contributed by atoms with Gasteiger partial charge in [0.25, 0.3) is 0 Å². The Hall–Kier alpha value is -0.870. The molecule has 1 N–H and O–H groups in total. The zero-order valence-electron chi connectivity index (χ0n) is 11.9. The van der Waals surface area contributed by atoms with Crippen molar-refractivity contribution < 1.29 is 9.90 Å². The van der Waals surface area contributed by atoms with Gasteiger partial charge in [0.2, 0.25) is 0 Å². The Morgan fingerprint density at radius 1 is 1.55 bits per heavy atom. The van der Waals surface area contributed by atoms with Crippen molar-refractivity contribution in [3.8, 4) is 0 Å². The molecule has 1 heterocycles. The minimum absolute atomic E-state index is 0.295. The molecule has 0 aliphatic carbocycles. The van der Waals surface area contributed by atoms with Gasteiger partial charge in [-0.2, -0.15) is 0 Å². The number of hydrogen-bond acceptors (Lipinski definition) is 2. The third-order valence-electron chi connectivity index (χ3n) is 4.20. The van der Waals surface area contributed by atoms with Gasteiger partial charge in [-0.25, -0.2) is 0 Å². The smallest absolute Gasteiger partial charge is 0.303 e. The van der Waals surface area contributed by atoms with Crippen molar-refractivity contribution in [2.75, 3.05) is 13.1 Å². The summed E-state index contributed by atoms with van der Waals surface area (Å²) in [4.78, 5) is 13.2. The zero-order chi connectivity index (χ0) is 14.5. The van der Waals surface area contributed by atoms with Crippen LogP contribution in [-0.4, -0.2) is 29.1 Å². The predicted octanol–water partition coefficient (Wildman–Crippen LogP) is 4.09. The van der Waals surface area contributed by atoms with Crippen molar-refractivity contribution in [3.63, 3.8) is 0 Å². The fourth-order valence-corrected chi connectivity index (χ4v) is 3.41. The van der Waals surface area contributed by atoms with E-state index in [4.69, 9.17) is 5.11 Å².